The highest BCUT2D eigenvalue weighted by Crippen LogP contribution is 2.01. The summed E-state index contributed by atoms with van der Waals surface area (Å²) in [5.41, 5.74) is 0.434. The molecule has 0 aliphatic heterocycles. The second-order valence-electron chi connectivity index (χ2n) is 2.49. The SMILES string of the molecule is C=COC(=O)CC=CC(=C)CC(=O)O. The Balaban J connectivity index is 3.82. The number of esters is 1. The lowest BCUT2D eigenvalue weighted by atomic mass is 10.2. The van der Waals surface area contributed by atoms with Gasteiger partial charge in [-0.25, -0.2) is 0 Å². The molecule has 0 saturated heterocycles. The van der Waals surface area contributed by atoms with Gasteiger partial charge in [-0.05, 0) is 5.57 Å². The van der Waals surface area contributed by atoms with Crippen molar-refractivity contribution in [3.8, 4) is 0 Å². The van der Waals surface area contributed by atoms with E-state index in [4.69, 9.17) is 5.11 Å². The second kappa shape index (κ2) is 6.65. The van der Waals surface area contributed by atoms with Gasteiger partial charge in [0.2, 0.25) is 0 Å². The number of carbonyl (C=O) groups excluding carboxylic acids is 1. The van der Waals surface area contributed by atoms with E-state index in [0.29, 0.717) is 5.57 Å². The van der Waals surface area contributed by atoms with Gasteiger partial charge in [0.05, 0.1) is 19.1 Å². The fraction of sp³-hybridized carbons (Fsp3) is 0.200. The molecule has 0 aromatic heterocycles. The maximum Gasteiger partial charge on any atom is 0.314 e. The van der Waals surface area contributed by atoms with E-state index in [1.54, 1.807) is 0 Å². The van der Waals surface area contributed by atoms with E-state index >= 15 is 0 Å². The smallest absolute Gasteiger partial charge is 0.314 e. The van der Waals surface area contributed by atoms with Crippen LogP contribution in [0.3, 0.4) is 0 Å². The van der Waals surface area contributed by atoms with Crippen molar-refractivity contribution in [2.75, 3.05) is 0 Å². The van der Waals surface area contributed by atoms with Gasteiger partial charge in [-0.15, -0.1) is 0 Å². The first kappa shape index (κ1) is 12.2. The number of carboxylic acids is 1. The first-order valence-electron chi connectivity index (χ1n) is 3.92. The van der Waals surface area contributed by atoms with Crippen LogP contribution in [0.1, 0.15) is 12.8 Å². The van der Waals surface area contributed by atoms with Gasteiger partial charge >= 0.3 is 11.9 Å². The topological polar surface area (TPSA) is 63.6 Å². The maximum atomic E-state index is 10.8. The van der Waals surface area contributed by atoms with Crippen LogP contribution in [-0.4, -0.2) is 17.0 Å². The molecule has 0 aromatic rings. The van der Waals surface area contributed by atoms with Crippen LogP contribution in [0, 0.1) is 0 Å². The molecule has 0 heterocycles. The van der Waals surface area contributed by atoms with E-state index in [0.717, 1.165) is 6.26 Å². The zero-order valence-electron chi connectivity index (χ0n) is 7.73. The number of rotatable bonds is 6. The van der Waals surface area contributed by atoms with Crippen LogP contribution in [0.25, 0.3) is 0 Å². The molecule has 0 atom stereocenters. The molecule has 76 valence electrons. The number of hydrogen-bond acceptors (Lipinski definition) is 3. The van der Waals surface area contributed by atoms with Crippen molar-refractivity contribution in [3.63, 3.8) is 0 Å². The zero-order chi connectivity index (χ0) is 11.0. The van der Waals surface area contributed by atoms with E-state index in [1.807, 2.05) is 0 Å². The molecule has 0 aliphatic rings. The second-order valence-corrected chi connectivity index (χ2v) is 2.49. The number of hydrogen-bond donors (Lipinski definition) is 1. The predicted octanol–water partition coefficient (Wildman–Crippen LogP) is 1.65. The third kappa shape index (κ3) is 6.84. The Bertz CT molecular complexity index is 276. The first-order valence-corrected chi connectivity index (χ1v) is 3.92. The van der Waals surface area contributed by atoms with Crippen molar-refractivity contribution >= 4 is 11.9 Å². The standard InChI is InChI=1S/C10H12O4/c1-3-14-10(13)6-4-5-8(2)7-9(11)12/h3-5H,1-2,6-7H2,(H,11,12). The Labute approximate surface area is 82.2 Å². The van der Waals surface area contributed by atoms with Crippen molar-refractivity contribution in [1.82, 2.24) is 0 Å². The normalized spacial score (nSPS) is 9.71. The van der Waals surface area contributed by atoms with Crippen LogP contribution in [0.5, 0.6) is 0 Å². The Hall–Kier alpha value is -1.84. The van der Waals surface area contributed by atoms with E-state index in [-0.39, 0.29) is 12.8 Å². The highest BCUT2D eigenvalue weighted by Gasteiger charge is 1.98. The van der Waals surface area contributed by atoms with E-state index < -0.39 is 11.9 Å². The van der Waals surface area contributed by atoms with Gasteiger partial charge in [0.1, 0.15) is 0 Å². The van der Waals surface area contributed by atoms with E-state index in [2.05, 4.69) is 17.9 Å². The molecule has 0 amide bonds. The van der Waals surface area contributed by atoms with Crippen molar-refractivity contribution in [3.05, 3.63) is 37.1 Å². The molecule has 0 aromatic carbocycles. The number of aliphatic carboxylic acids is 1. The molecular formula is C10H12O4. The number of carbonyl (C=O) groups is 2. The predicted molar refractivity (Wildman–Crippen MR) is 51.4 cm³/mol. The molecule has 4 nitrogen and oxygen atoms in total. The van der Waals surface area contributed by atoms with Gasteiger partial charge < -0.3 is 9.84 Å². The number of ether oxygens (including phenoxy) is 1. The molecule has 0 bridgehead atoms. The highest BCUT2D eigenvalue weighted by molar-refractivity contribution is 5.72. The van der Waals surface area contributed by atoms with Gasteiger partial charge in [-0.2, -0.15) is 0 Å². The summed E-state index contributed by atoms with van der Waals surface area (Å²) in [7, 11) is 0. The average Bonchev–Trinajstić information content (AvgIpc) is 2.02. The molecule has 0 radical (unpaired) electrons. The molecule has 4 heteroatoms. The average molecular weight is 196 g/mol. The van der Waals surface area contributed by atoms with Crippen molar-refractivity contribution < 1.29 is 19.4 Å². The highest BCUT2D eigenvalue weighted by atomic mass is 16.5. The summed E-state index contributed by atoms with van der Waals surface area (Å²) in [5, 5.41) is 8.38. The molecule has 0 saturated carbocycles. The zero-order valence-corrected chi connectivity index (χ0v) is 7.73. The first-order chi connectivity index (χ1) is 6.56. The van der Waals surface area contributed by atoms with Crippen LogP contribution < -0.4 is 0 Å². The number of carboxylic acid groups (broad SMARTS) is 1. The van der Waals surface area contributed by atoms with Crippen molar-refractivity contribution in [2.45, 2.75) is 12.8 Å². The van der Waals surface area contributed by atoms with Crippen LogP contribution in [0.15, 0.2) is 37.1 Å². The van der Waals surface area contributed by atoms with Crippen LogP contribution in [-0.2, 0) is 14.3 Å². The minimum absolute atomic E-state index is 0.0741. The van der Waals surface area contributed by atoms with E-state index in [1.165, 1.54) is 12.2 Å². The monoisotopic (exact) mass is 196 g/mol. The Morgan fingerprint density at radius 1 is 1.43 bits per heavy atom. The lowest BCUT2D eigenvalue weighted by Gasteiger charge is -1.94. The fourth-order valence-corrected chi connectivity index (χ4v) is 0.716. The van der Waals surface area contributed by atoms with Gasteiger partial charge in [0.15, 0.2) is 0 Å². The van der Waals surface area contributed by atoms with Crippen LogP contribution >= 0.6 is 0 Å². The molecule has 0 unspecified atom stereocenters. The van der Waals surface area contributed by atoms with Gasteiger partial charge in [0, 0.05) is 0 Å². The van der Waals surface area contributed by atoms with Crippen LogP contribution in [0.2, 0.25) is 0 Å². The third-order valence-electron chi connectivity index (χ3n) is 1.23. The minimum atomic E-state index is -0.951. The van der Waals surface area contributed by atoms with E-state index in [9.17, 15) is 9.59 Å². The summed E-state index contributed by atoms with van der Waals surface area (Å²) in [6.45, 7) is 6.72. The Kier molecular flexibility index (Phi) is 5.78. The molecule has 0 rings (SSSR count). The minimum Gasteiger partial charge on any atom is -0.481 e. The van der Waals surface area contributed by atoms with Crippen LogP contribution in [0.4, 0.5) is 0 Å². The lowest BCUT2D eigenvalue weighted by Crippen LogP contribution is -1.97. The number of allylic oxidation sites excluding steroid dienone is 1. The molecule has 14 heavy (non-hydrogen) atoms. The third-order valence-corrected chi connectivity index (χ3v) is 1.23. The summed E-state index contributed by atoms with van der Waals surface area (Å²) in [5.74, 6) is -1.40. The molecule has 0 aliphatic carbocycles. The Morgan fingerprint density at radius 2 is 2.07 bits per heavy atom. The molecule has 1 N–H and O–H groups in total. The van der Waals surface area contributed by atoms with Gasteiger partial charge in [-0.1, -0.05) is 25.3 Å². The fourth-order valence-electron chi connectivity index (χ4n) is 0.716. The van der Waals surface area contributed by atoms with Crippen molar-refractivity contribution in [2.24, 2.45) is 0 Å². The van der Waals surface area contributed by atoms with Gasteiger partial charge in [0.25, 0.3) is 0 Å². The van der Waals surface area contributed by atoms with Crippen molar-refractivity contribution in [1.29, 1.82) is 0 Å². The van der Waals surface area contributed by atoms with Gasteiger partial charge in [-0.3, -0.25) is 9.59 Å². The summed E-state index contributed by atoms with van der Waals surface area (Å²) < 4.78 is 4.43. The quantitative estimate of drug-likeness (QED) is 0.398. The summed E-state index contributed by atoms with van der Waals surface area (Å²) in [6.07, 6.45) is 3.97. The summed E-state index contributed by atoms with van der Waals surface area (Å²) in [4.78, 5) is 21.0. The Morgan fingerprint density at radius 3 is 2.57 bits per heavy atom. The lowest BCUT2D eigenvalue weighted by molar-refractivity contribution is -0.137. The summed E-state index contributed by atoms with van der Waals surface area (Å²) in [6, 6.07) is 0. The molecular weight excluding hydrogens is 184 g/mol. The largest absolute Gasteiger partial charge is 0.481 e. The molecule has 0 fully saturated rings. The maximum absolute atomic E-state index is 10.8. The molecule has 0 spiro atoms. The summed E-state index contributed by atoms with van der Waals surface area (Å²) >= 11 is 0.